The molecule has 2 amide bonds. The van der Waals surface area contributed by atoms with E-state index in [0.717, 1.165) is 0 Å². The molecule has 1 atom stereocenters. The van der Waals surface area contributed by atoms with Crippen LogP contribution in [-0.2, 0) is 9.59 Å². The van der Waals surface area contributed by atoms with E-state index in [1.807, 2.05) is 4.90 Å². The number of piperazine rings is 1. The smallest absolute Gasteiger partial charge is 0.225 e. The number of halogens is 3. The van der Waals surface area contributed by atoms with Crippen LogP contribution in [0.5, 0.6) is 0 Å². The van der Waals surface area contributed by atoms with E-state index in [4.69, 9.17) is 11.6 Å². The number of rotatable bonds is 6. The monoisotopic (exact) mass is 534 g/mol. The molecule has 1 saturated heterocycles. The number of hydrogen-bond donors (Lipinski definition) is 2. The van der Waals surface area contributed by atoms with E-state index in [-0.39, 0.29) is 58.8 Å². The minimum atomic E-state index is -1.26. The Morgan fingerprint density at radius 1 is 1.22 bits per heavy atom. The van der Waals surface area contributed by atoms with Gasteiger partial charge in [0, 0.05) is 76.7 Å². The highest BCUT2D eigenvalue weighted by molar-refractivity contribution is 6.33. The summed E-state index contributed by atoms with van der Waals surface area (Å²) < 4.78 is 30.7. The van der Waals surface area contributed by atoms with Gasteiger partial charge in [-0.05, 0) is 18.6 Å². The van der Waals surface area contributed by atoms with Crippen LogP contribution in [0.3, 0.4) is 0 Å². The van der Waals surface area contributed by atoms with Crippen LogP contribution in [-0.4, -0.2) is 89.6 Å². The van der Waals surface area contributed by atoms with E-state index in [2.05, 4.69) is 15.3 Å². The number of aliphatic hydroxyl groups is 1. The normalized spacial score (nSPS) is 18.0. The number of carbonyl (C=O) groups excluding carboxylic acids is 2. The van der Waals surface area contributed by atoms with Gasteiger partial charge in [-0.1, -0.05) is 17.7 Å². The summed E-state index contributed by atoms with van der Waals surface area (Å²) in [5.74, 6) is -1.28. The van der Waals surface area contributed by atoms with Gasteiger partial charge in [0.2, 0.25) is 17.8 Å². The van der Waals surface area contributed by atoms with Gasteiger partial charge in [-0.15, -0.1) is 0 Å². The van der Waals surface area contributed by atoms with Crippen molar-refractivity contribution < 1.29 is 23.5 Å². The number of amides is 2. The van der Waals surface area contributed by atoms with Crippen LogP contribution in [0.2, 0.25) is 5.02 Å². The highest BCUT2D eigenvalue weighted by atomic mass is 35.5. The molecule has 2 aliphatic rings. The van der Waals surface area contributed by atoms with Gasteiger partial charge in [0.25, 0.3) is 0 Å². The van der Waals surface area contributed by atoms with Crippen molar-refractivity contribution in [2.75, 3.05) is 57.0 Å². The van der Waals surface area contributed by atoms with Crippen LogP contribution in [0.1, 0.15) is 25.3 Å². The molecule has 1 aliphatic heterocycles. The zero-order valence-corrected chi connectivity index (χ0v) is 21.6. The predicted molar refractivity (Wildman–Crippen MR) is 139 cm³/mol. The van der Waals surface area contributed by atoms with E-state index in [1.54, 1.807) is 19.0 Å². The second-order valence-electron chi connectivity index (χ2n) is 9.19. The van der Waals surface area contributed by atoms with E-state index >= 15 is 4.39 Å². The third kappa shape index (κ3) is 5.52. The molecule has 4 rings (SSSR count). The van der Waals surface area contributed by atoms with Gasteiger partial charge in [0.1, 0.15) is 17.2 Å². The Morgan fingerprint density at radius 2 is 1.92 bits per heavy atom. The van der Waals surface area contributed by atoms with Gasteiger partial charge in [0.05, 0.1) is 11.1 Å². The van der Waals surface area contributed by atoms with Crippen molar-refractivity contribution in [1.29, 1.82) is 0 Å². The fourth-order valence-corrected chi connectivity index (χ4v) is 4.73. The first-order valence-corrected chi connectivity index (χ1v) is 12.3. The fourth-order valence-electron chi connectivity index (χ4n) is 4.44. The zero-order chi connectivity index (χ0) is 26.9. The van der Waals surface area contributed by atoms with Gasteiger partial charge in [-0.2, -0.15) is 4.98 Å². The SMILES string of the molecule is CC(=O)N1CCN(c2nc(NCCC(=O)N(C)C)nc3c(F)c(C4=C(F)C=CCC4O)c(Cl)cc23)CC1. The number of hydrogen-bond acceptors (Lipinski definition) is 7. The lowest BCUT2D eigenvalue weighted by Gasteiger charge is -2.35. The molecule has 12 heteroatoms. The molecule has 1 aliphatic carbocycles. The molecule has 1 aromatic carbocycles. The Hall–Kier alpha value is -3.31. The summed E-state index contributed by atoms with van der Waals surface area (Å²) in [6.45, 7) is 3.55. The van der Waals surface area contributed by atoms with Crippen LogP contribution < -0.4 is 10.2 Å². The minimum absolute atomic E-state index is 0.0331. The maximum Gasteiger partial charge on any atom is 0.225 e. The molecular weight excluding hydrogens is 506 g/mol. The summed E-state index contributed by atoms with van der Waals surface area (Å²) >= 11 is 6.48. The number of benzene rings is 1. The average Bonchev–Trinajstić information content (AvgIpc) is 2.85. The molecule has 9 nitrogen and oxygen atoms in total. The fraction of sp³-hybridized carbons (Fsp3) is 0.440. The zero-order valence-electron chi connectivity index (χ0n) is 20.9. The Labute approximate surface area is 218 Å². The molecule has 0 saturated carbocycles. The Balaban J connectivity index is 1.80. The molecule has 0 spiro atoms. The van der Waals surface area contributed by atoms with Crippen molar-refractivity contribution in [3.8, 4) is 0 Å². The Kier molecular flexibility index (Phi) is 7.93. The topological polar surface area (TPSA) is 102 Å². The standard InChI is InChI=1S/C25H29ClF2N6O3/c1-14(35)33-9-11-34(12-10-33)24-15-13-16(26)20(21-17(27)5-4-6-18(21)36)22(28)23(15)30-25(31-24)29-8-7-19(37)32(2)3/h4-5,13,18,36H,6-12H2,1-3H3,(H,29,30,31). The van der Waals surface area contributed by atoms with E-state index < -0.39 is 17.7 Å². The number of anilines is 2. The van der Waals surface area contributed by atoms with Crippen LogP contribution in [0.15, 0.2) is 24.0 Å². The van der Waals surface area contributed by atoms with Crippen LogP contribution in [0.25, 0.3) is 16.5 Å². The number of aromatic nitrogens is 2. The molecule has 0 radical (unpaired) electrons. The van der Waals surface area contributed by atoms with E-state index in [0.29, 0.717) is 37.4 Å². The lowest BCUT2D eigenvalue weighted by atomic mass is 9.92. The Bertz CT molecular complexity index is 1290. The number of nitrogens with one attached hydrogen (secondary N) is 1. The quantitative estimate of drug-likeness (QED) is 0.587. The Morgan fingerprint density at radius 3 is 2.54 bits per heavy atom. The number of nitrogens with zero attached hydrogens (tertiary/aromatic N) is 5. The van der Waals surface area contributed by atoms with Crippen LogP contribution in [0.4, 0.5) is 20.5 Å². The van der Waals surface area contributed by atoms with Gasteiger partial charge in [-0.25, -0.2) is 13.8 Å². The van der Waals surface area contributed by atoms with Crippen molar-refractivity contribution in [3.05, 3.63) is 40.4 Å². The minimum Gasteiger partial charge on any atom is -0.388 e. The van der Waals surface area contributed by atoms with Gasteiger partial charge in [-0.3, -0.25) is 9.59 Å². The largest absolute Gasteiger partial charge is 0.388 e. The highest BCUT2D eigenvalue weighted by Gasteiger charge is 2.29. The molecule has 37 heavy (non-hydrogen) atoms. The molecule has 198 valence electrons. The van der Waals surface area contributed by atoms with Crippen molar-refractivity contribution in [2.45, 2.75) is 25.9 Å². The first-order valence-electron chi connectivity index (χ1n) is 12.0. The van der Waals surface area contributed by atoms with Crippen molar-refractivity contribution in [1.82, 2.24) is 19.8 Å². The van der Waals surface area contributed by atoms with Crippen molar-refractivity contribution in [3.63, 3.8) is 0 Å². The first kappa shape index (κ1) is 26.7. The lowest BCUT2D eigenvalue weighted by Crippen LogP contribution is -2.48. The highest BCUT2D eigenvalue weighted by Crippen LogP contribution is 2.40. The third-order valence-corrected chi connectivity index (χ3v) is 6.79. The van der Waals surface area contributed by atoms with Gasteiger partial charge in [0.15, 0.2) is 5.82 Å². The van der Waals surface area contributed by atoms with E-state index in [1.165, 1.54) is 30.0 Å². The van der Waals surface area contributed by atoms with Gasteiger partial charge >= 0.3 is 0 Å². The second kappa shape index (κ2) is 11.0. The summed E-state index contributed by atoms with van der Waals surface area (Å²) in [6, 6.07) is 1.48. The number of aliphatic hydroxyl groups excluding tert-OH is 1. The van der Waals surface area contributed by atoms with Gasteiger partial charge < -0.3 is 25.1 Å². The second-order valence-corrected chi connectivity index (χ2v) is 9.60. The lowest BCUT2D eigenvalue weighted by molar-refractivity contribution is -0.129. The van der Waals surface area contributed by atoms with Crippen LogP contribution in [0, 0.1) is 5.82 Å². The van der Waals surface area contributed by atoms with Crippen LogP contribution >= 0.6 is 11.6 Å². The number of carbonyl (C=O) groups is 2. The predicted octanol–water partition coefficient (Wildman–Crippen LogP) is 2.98. The molecule has 2 heterocycles. The molecule has 1 unspecified atom stereocenters. The maximum absolute atomic E-state index is 16.0. The summed E-state index contributed by atoms with van der Waals surface area (Å²) in [7, 11) is 3.30. The maximum atomic E-state index is 16.0. The third-order valence-electron chi connectivity index (χ3n) is 6.49. The summed E-state index contributed by atoms with van der Waals surface area (Å²) in [5.41, 5.74) is -0.571. The van der Waals surface area contributed by atoms with Crippen molar-refractivity contribution in [2.24, 2.45) is 0 Å². The average molecular weight is 535 g/mol. The molecule has 0 bridgehead atoms. The summed E-state index contributed by atoms with van der Waals surface area (Å²) in [5, 5.41) is 13.6. The molecule has 1 aromatic heterocycles. The number of allylic oxidation sites excluding steroid dienone is 2. The number of fused-ring (bicyclic) bond motifs is 1. The summed E-state index contributed by atoms with van der Waals surface area (Å²) in [4.78, 5) is 37.8. The molecule has 1 fully saturated rings. The summed E-state index contributed by atoms with van der Waals surface area (Å²) in [6.07, 6.45) is 1.68. The van der Waals surface area contributed by atoms with E-state index in [9.17, 15) is 19.1 Å². The molecule has 2 N–H and O–H groups in total. The van der Waals surface area contributed by atoms with Crippen molar-refractivity contribution >= 4 is 51.7 Å². The molecular formula is C25H29ClF2N6O3. The first-order chi connectivity index (χ1) is 17.6. The molecule has 2 aromatic rings.